The second-order valence-electron chi connectivity index (χ2n) is 7.94. The third-order valence-corrected chi connectivity index (χ3v) is 6.48. The van der Waals surface area contributed by atoms with Crippen molar-refractivity contribution in [2.45, 2.75) is 41.0 Å². The number of halogens is 1. The second kappa shape index (κ2) is 6.72. The first-order chi connectivity index (χ1) is 12.2. The van der Waals surface area contributed by atoms with Gasteiger partial charge in [0.05, 0.1) is 13.2 Å². The van der Waals surface area contributed by atoms with Gasteiger partial charge >= 0.3 is 5.97 Å². The zero-order chi connectivity index (χ0) is 19.1. The van der Waals surface area contributed by atoms with Gasteiger partial charge in [-0.3, -0.25) is 4.79 Å². The molecule has 2 aliphatic rings. The van der Waals surface area contributed by atoms with Crippen LogP contribution < -0.4 is 4.74 Å². The van der Waals surface area contributed by atoms with Crippen LogP contribution in [-0.2, 0) is 9.53 Å². The number of esters is 1. The fourth-order valence-corrected chi connectivity index (χ4v) is 3.83. The molecule has 1 aromatic heterocycles. The van der Waals surface area contributed by atoms with Crippen LogP contribution in [0.1, 0.15) is 41.0 Å². The van der Waals surface area contributed by atoms with Gasteiger partial charge in [-0.1, -0.05) is 39.3 Å². The van der Waals surface area contributed by atoms with Crippen molar-refractivity contribution in [2.75, 3.05) is 13.2 Å². The topological polar surface area (TPSA) is 65.7 Å². The number of hydrogen-bond donors (Lipinski definition) is 0. The lowest BCUT2D eigenvalue weighted by atomic mass is 10.0. The number of allylic oxidation sites excluding steroid dienone is 1. The molecule has 2 heterocycles. The predicted octanol–water partition coefficient (Wildman–Crippen LogP) is 3.96. The van der Waals surface area contributed by atoms with E-state index in [2.05, 4.69) is 37.8 Å². The van der Waals surface area contributed by atoms with E-state index in [0.29, 0.717) is 37.3 Å². The minimum atomic E-state index is -0.536. The first-order valence-electron chi connectivity index (χ1n) is 8.98. The maximum atomic E-state index is 11.9. The van der Waals surface area contributed by atoms with Crippen molar-refractivity contribution in [1.29, 1.82) is 0 Å². The Morgan fingerprint density at radius 1 is 1.35 bits per heavy atom. The van der Waals surface area contributed by atoms with Crippen LogP contribution in [0.2, 0.25) is 0 Å². The Hall–Kier alpha value is -1.82. The van der Waals surface area contributed by atoms with Gasteiger partial charge in [-0.05, 0) is 30.3 Å². The molecule has 7 heteroatoms. The van der Waals surface area contributed by atoms with Crippen molar-refractivity contribution < 1.29 is 14.3 Å². The summed E-state index contributed by atoms with van der Waals surface area (Å²) in [6.45, 7) is 11.8. The summed E-state index contributed by atoms with van der Waals surface area (Å²) < 4.78 is 12.5. The van der Waals surface area contributed by atoms with Crippen molar-refractivity contribution in [3.8, 4) is 5.88 Å². The van der Waals surface area contributed by atoms with Gasteiger partial charge in [0, 0.05) is 18.2 Å². The van der Waals surface area contributed by atoms with Crippen LogP contribution in [0.4, 0.5) is 0 Å². The Labute approximate surface area is 159 Å². The number of rotatable bonds is 6. The molecule has 0 radical (unpaired) electrons. The maximum absolute atomic E-state index is 11.9. The van der Waals surface area contributed by atoms with Crippen LogP contribution in [0, 0.1) is 22.7 Å². The van der Waals surface area contributed by atoms with Crippen LogP contribution in [0.5, 0.6) is 5.88 Å². The molecule has 0 N–H and O–H groups in total. The molecule has 1 aliphatic heterocycles. The third kappa shape index (κ3) is 3.27. The summed E-state index contributed by atoms with van der Waals surface area (Å²) in [7, 11) is 0. The third-order valence-electron chi connectivity index (χ3n) is 6.13. The number of aromatic nitrogens is 2. The Bertz CT molecular complexity index is 750. The molecule has 1 fully saturated rings. The highest BCUT2D eigenvalue weighted by Crippen LogP contribution is 2.68. The number of ether oxygens (including phenoxy) is 2. The molecule has 26 heavy (non-hydrogen) atoms. The molecule has 0 amide bonds. The zero-order valence-corrected chi connectivity index (χ0v) is 16.7. The summed E-state index contributed by atoms with van der Waals surface area (Å²) in [6.07, 6.45) is 4.05. The van der Waals surface area contributed by atoms with E-state index in [1.54, 1.807) is 17.8 Å². The standard InChI is InChI=1S/C19H26ClN3O3/c1-6-25-17(24)12-7-8-14(21-16(12)20)23-10-9-15(22-23)26-11-13-18(2,3)19(13,4)5/h8-10,12-13H,6-7,11H2,1-5H3. The van der Waals surface area contributed by atoms with Gasteiger partial charge in [-0.2, -0.15) is 0 Å². The molecule has 1 saturated carbocycles. The average molecular weight is 380 g/mol. The van der Waals surface area contributed by atoms with Gasteiger partial charge < -0.3 is 9.47 Å². The van der Waals surface area contributed by atoms with E-state index >= 15 is 0 Å². The van der Waals surface area contributed by atoms with Crippen LogP contribution in [0.15, 0.2) is 23.3 Å². The smallest absolute Gasteiger partial charge is 0.316 e. The first kappa shape index (κ1) is 19.0. The quantitative estimate of drug-likeness (QED) is 0.701. The molecule has 6 nitrogen and oxygen atoms in total. The summed E-state index contributed by atoms with van der Waals surface area (Å²) in [6, 6.07) is 1.81. The highest BCUT2D eigenvalue weighted by molar-refractivity contribution is 6.67. The summed E-state index contributed by atoms with van der Waals surface area (Å²) >= 11 is 6.17. The Balaban J connectivity index is 1.61. The van der Waals surface area contributed by atoms with Crippen LogP contribution in [0.25, 0.3) is 5.82 Å². The fourth-order valence-electron chi connectivity index (χ4n) is 3.56. The van der Waals surface area contributed by atoms with Gasteiger partial charge in [-0.15, -0.1) is 5.10 Å². The predicted molar refractivity (Wildman–Crippen MR) is 101 cm³/mol. The molecule has 142 valence electrons. The summed E-state index contributed by atoms with van der Waals surface area (Å²) in [4.78, 5) is 16.1. The van der Waals surface area contributed by atoms with Gasteiger partial charge in [-0.25, -0.2) is 9.67 Å². The number of hydrogen-bond acceptors (Lipinski definition) is 5. The van der Waals surface area contributed by atoms with Gasteiger partial charge in [0.2, 0.25) is 5.88 Å². The Morgan fingerprint density at radius 2 is 2.04 bits per heavy atom. The van der Waals surface area contributed by atoms with E-state index in [9.17, 15) is 4.79 Å². The fraction of sp³-hybridized carbons (Fsp3) is 0.632. The summed E-state index contributed by atoms with van der Waals surface area (Å²) in [5, 5.41) is 4.64. The minimum Gasteiger partial charge on any atom is -0.476 e. The molecule has 0 bridgehead atoms. The molecule has 3 rings (SSSR count). The van der Waals surface area contributed by atoms with Crippen molar-refractivity contribution in [2.24, 2.45) is 27.7 Å². The van der Waals surface area contributed by atoms with Crippen molar-refractivity contribution in [3.05, 3.63) is 18.3 Å². The molecule has 0 saturated heterocycles. The minimum absolute atomic E-state index is 0.223. The van der Waals surface area contributed by atoms with Crippen LogP contribution in [0.3, 0.4) is 0 Å². The average Bonchev–Trinajstić information content (AvgIpc) is 2.92. The second-order valence-corrected chi connectivity index (χ2v) is 8.33. The molecule has 1 unspecified atom stereocenters. The summed E-state index contributed by atoms with van der Waals surface area (Å²) in [5.74, 6) is 0.759. The lowest BCUT2D eigenvalue weighted by Crippen LogP contribution is -2.25. The normalized spacial score (nSPS) is 23.8. The van der Waals surface area contributed by atoms with E-state index < -0.39 is 5.92 Å². The maximum Gasteiger partial charge on any atom is 0.316 e. The lowest BCUT2D eigenvalue weighted by molar-refractivity contribution is -0.145. The van der Waals surface area contributed by atoms with E-state index in [4.69, 9.17) is 21.1 Å². The number of carbonyl (C=O) groups is 1. The van der Waals surface area contributed by atoms with Gasteiger partial charge in [0.25, 0.3) is 0 Å². The van der Waals surface area contributed by atoms with Gasteiger partial charge in [0.1, 0.15) is 11.1 Å². The van der Waals surface area contributed by atoms with E-state index in [1.165, 1.54) is 0 Å². The largest absolute Gasteiger partial charge is 0.476 e. The molecule has 1 aliphatic carbocycles. The van der Waals surface area contributed by atoms with Crippen LogP contribution >= 0.6 is 11.6 Å². The molecular weight excluding hydrogens is 354 g/mol. The van der Waals surface area contributed by atoms with Gasteiger partial charge in [0.15, 0.2) is 5.82 Å². The SMILES string of the molecule is CCOC(=O)C1CC=C(n2ccc(OCC3C(C)(C)C3(C)C)n2)N=C1Cl. The van der Waals surface area contributed by atoms with E-state index in [0.717, 1.165) is 0 Å². The van der Waals surface area contributed by atoms with Crippen molar-refractivity contribution in [1.82, 2.24) is 9.78 Å². The van der Waals surface area contributed by atoms with Crippen molar-refractivity contribution >= 4 is 28.6 Å². The lowest BCUT2D eigenvalue weighted by Gasteiger charge is -2.17. The monoisotopic (exact) mass is 379 g/mol. The first-order valence-corrected chi connectivity index (χ1v) is 9.36. The number of carbonyl (C=O) groups excluding carboxylic acids is 1. The number of aliphatic imine (C=N–C) groups is 1. The number of nitrogens with zero attached hydrogens (tertiary/aromatic N) is 3. The zero-order valence-electron chi connectivity index (χ0n) is 16.0. The summed E-state index contributed by atoms with van der Waals surface area (Å²) in [5.41, 5.74) is 0.558. The highest BCUT2D eigenvalue weighted by atomic mass is 35.5. The Kier molecular flexibility index (Phi) is 4.90. The molecule has 0 spiro atoms. The highest BCUT2D eigenvalue weighted by Gasteiger charge is 2.64. The molecular formula is C19H26ClN3O3. The Morgan fingerprint density at radius 3 is 2.62 bits per heavy atom. The molecule has 1 atom stereocenters. The van der Waals surface area contributed by atoms with E-state index in [-0.39, 0.29) is 22.0 Å². The van der Waals surface area contributed by atoms with Crippen molar-refractivity contribution in [3.63, 3.8) is 0 Å². The van der Waals surface area contributed by atoms with Crippen LogP contribution in [-0.4, -0.2) is 34.1 Å². The van der Waals surface area contributed by atoms with E-state index in [1.807, 2.05) is 12.1 Å². The molecule has 1 aromatic rings. The molecule has 0 aromatic carbocycles.